The molecule has 1 fully saturated rings. The summed E-state index contributed by atoms with van der Waals surface area (Å²) >= 11 is 1.43. The Morgan fingerprint density at radius 2 is 2.08 bits per heavy atom. The van der Waals surface area contributed by atoms with Crippen LogP contribution in [0.2, 0.25) is 0 Å². The van der Waals surface area contributed by atoms with Crippen LogP contribution in [0.3, 0.4) is 0 Å². The number of carbonyl (C=O) groups excluding carboxylic acids is 2. The van der Waals surface area contributed by atoms with E-state index in [9.17, 15) is 14.0 Å². The average molecular weight is 345 g/mol. The van der Waals surface area contributed by atoms with Gasteiger partial charge in [0.15, 0.2) is 0 Å². The zero-order chi connectivity index (χ0) is 17.1. The molecule has 0 aliphatic carbocycles. The van der Waals surface area contributed by atoms with Crippen LogP contribution in [0.4, 0.5) is 4.39 Å². The number of amides is 2. The molecule has 0 unspecified atom stereocenters. The number of hydrogen-bond donors (Lipinski definition) is 1. The molecule has 5 nitrogen and oxygen atoms in total. The zero-order valence-corrected chi connectivity index (χ0v) is 13.6. The summed E-state index contributed by atoms with van der Waals surface area (Å²) < 4.78 is 12.9. The first kappa shape index (κ1) is 16.3. The molecule has 24 heavy (non-hydrogen) atoms. The van der Waals surface area contributed by atoms with Gasteiger partial charge in [-0.05, 0) is 36.8 Å². The van der Waals surface area contributed by atoms with Crippen molar-refractivity contribution in [2.75, 3.05) is 13.1 Å². The van der Waals surface area contributed by atoms with Gasteiger partial charge in [0, 0.05) is 30.1 Å². The number of carbonyl (C=O) groups is 2. The van der Waals surface area contributed by atoms with Crippen molar-refractivity contribution in [1.29, 1.82) is 0 Å². The van der Waals surface area contributed by atoms with Gasteiger partial charge in [0.05, 0.1) is 11.6 Å². The summed E-state index contributed by atoms with van der Waals surface area (Å²) in [5, 5.41) is 2.59. The van der Waals surface area contributed by atoms with Gasteiger partial charge in [-0.2, -0.15) is 0 Å². The van der Waals surface area contributed by atoms with Crippen LogP contribution in [0.15, 0.2) is 35.7 Å². The second kappa shape index (κ2) is 6.92. The van der Waals surface area contributed by atoms with Gasteiger partial charge in [-0.25, -0.2) is 9.37 Å². The van der Waals surface area contributed by atoms with Crippen molar-refractivity contribution in [3.8, 4) is 10.6 Å². The lowest BCUT2D eigenvalue weighted by Crippen LogP contribution is -2.30. The molecule has 0 radical (unpaired) electrons. The standard InChI is InChI=1S/C17H16FN3O2S/c18-13-3-1-11(2-4-13)17-20-14(10-24-17)5-6-15(22)21-8-7-12(9-21)16(19)23/h1-6,10,12H,7-9H2,(H2,19,23)/b6-5-/t12-/m1/s1. The first-order valence-electron chi connectivity index (χ1n) is 7.50. The Bertz CT molecular complexity index is 785. The lowest BCUT2D eigenvalue weighted by Gasteiger charge is -2.12. The van der Waals surface area contributed by atoms with Crippen molar-refractivity contribution >= 4 is 29.2 Å². The Labute approximate surface area is 142 Å². The van der Waals surface area contributed by atoms with Crippen LogP contribution < -0.4 is 5.73 Å². The van der Waals surface area contributed by atoms with Crippen LogP contribution in [0, 0.1) is 11.7 Å². The first-order valence-corrected chi connectivity index (χ1v) is 8.38. The van der Waals surface area contributed by atoms with E-state index in [0.29, 0.717) is 25.2 Å². The number of halogens is 1. The molecule has 2 heterocycles. The monoisotopic (exact) mass is 345 g/mol. The van der Waals surface area contributed by atoms with E-state index in [4.69, 9.17) is 5.73 Å². The lowest BCUT2D eigenvalue weighted by atomic mass is 10.1. The smallest absolute Gasteiger partial charge is 0.246 e. The summed E-state index contributed by atoms with van der Waals surface area (Å²) in [6.45, 7) is 0.908. The molecule has 0 bridgehead atoms. The van der Waals surface area contributed by atoms with Gasteiger partial charge < -0.3 is 10.6 Å². The van der Waals surface area contributed by atoms with E-state index in [1.165, 1.54) is 29.5 Å². The second-order valence-corrected chi connectivity index (χ2v) is 6.45. The minimum Gasteiger partial charge on any atom is -0.369 e. The summed E-state index contributed by atoms with van der Waals surface area (Å²) in [5.41, 5.74) is 6.76. The number of hydrogen-bond acceptors (Lipinski definition) is 4. The fourth-order valence-electron chi connectivity index (χ4n) is 2.54. The van der Waals surface area contributed by atoms with E-state index in [0.717, 1.165) is 10.6 Å². The predicted octanol–water partition coefficient (Wildman–Crippen LogP) is 2.30. The molecule has 3 rings (SSSR count). The number of rotatable bonds is 4. The Morgan fingerprint density at radius 1 is 1.33 bits per heavy atom. The van der Waals surface area contributed by atoms with Gasteiger partial charge in [-0.3, -0.25) is 9.59 Å². The molecule has 2 aromatic rings. The number of likely N-dealkylation sites (tertiary alicyclic amines) is 1. The minimum absolute atomic E-state index is 0.157. The maximum Gasteiger partial charge on any atom is 0.246 e. The molecule has 7 heteroatoms. The number of nitrogens with zero attached hydrogens (tertiary/aromatic N) is 2. The van der Waals surface area contributed by atoms with Crippen molar-refractivity contribution in [2.45, 2.75) is 6.42 Å². The Balaban J connectivity index is 1.64. The molecule has 2 amide bonds. The van der Waals surface area contributed by atoms with Gasteiger partial charge in [0.25, 0.3) is 0 Å². The van der Waals surface area contributed by atoms with Crippen LogP contribution in [0.1, 0.15) is 12.1 Å². The first-order chi connectivity index (χ1) is 11.5. The Morgan fingerprint density at radius 3 is 2.75 bits per heavy atom. The summed E-state index contributed by atoms with van der Waals surface area (Å²) in [4.78, 5) is 29.3. The van der Waals surface area contributed by atoms with E-state index in [1.807, 2.05) is 5.38 Å². The number of thiazole rings is 1. The number of nitrogens with two attached hydrogens (primary N) is 1. The Hall–Kier alpha value is -2.54. The van der Waals surface area contributed by atoms with Gasteiger partial charge in [0.1, 0.15) is 10.8 Å². The van der Waals surface area contributed by atoms with Crippen molar-refractivity contribution in [3.63, 3.8) is 0 Å². The topological polar surface area (TPSA) is 76.3 Å². The van der Waals surface area contributed by atoms with E-state index in [-0.39, 0.29) is 23.5 Å². The highest BCUT2D eigenvalue weighted by Gasteiger charge is 2.28. The fourth-order valence-corrected chi connectivity index (χ4v) is 3.34. The van der Waals surface area contributed by atoms with Crippen LogP contribution in [0.25, 0.3) is 16.6 Å². The van der Waals surface area contributed by atoms with Gasteiger partial charge in [-0.1, -0.05) is 0 Å². The van der Waals surface area contributed by atoms with E-state index >= 15 is 0 Å². The quantitative estimate of drug-likeness (QED) is 0.864. The van der Waals surface area contributed by atoms with E-state index in [1.54, 1.807) is 23.1 Å². The second-order valence-electron chi connectivity index (χ2n) is 5.59. The summed E-state index contributed by atoms with van der Waals surface area (Å²) in [7, 11) is 0. The predicted molar refractivity (Wildman–Crippen MR) is 90.4 cm³/mol. The fraction of sp³-hybridized carbons (Fsp3) is 0.235. The third-order valence-electron chi connectivity index (χ3n) is 3.91. The third-order valence-corrected chi connectivity index (χ3v) is 4.82. The highest BCUT2D eigenvalue weighted by molar-refractivity contribution is 7.13. The van der Waals surface area contributed by atoms with Crippen LogP contribution in [0.5, 0.6) is 0 Å². The third kappa shape index (κ3) is 3.68. The van der Waals surface area contributed by atoms with Crippen molar-refractivity contribution < 1.29 is 14.0 Å². The zero-order valence-electron chi connectivity index (χ0n) is 12.8. The SMILES string of the molecule is NC(=O)[C@@H]1CCN(C(=O)/C=C\c2csc(-c3ccc(F)cc3)n2)C1. The molecule has 1 aliphatic heterocycles. The van der Waals surface area contributed by atoms with Gasteiger partial charge in [-0.15, -0.1) is 11.3 Å². The van der Waals surface area contributed by atoms with E-state index < -0.39 is 0 Å². The van der Waals surface area contributed by atoms with Crippen molar-refractivity contribution in [2.24, 2.45) is 11.7 Å². The Kier molecular flexibility index (Phi) is 4.71. The summed E-state index contributed by atoms with van der Waals surface area (Å²) in [6.07, 6.45) is 3.71. The van der Waals surface area contributed by atoms with Crippen LogP contribution in [-0.2, 0) is 9.59 Å². The van der Waals surface area contributed by atoms with Crippen LogP contribution >= 0.6 is 11.3 Å². The molecular formula is C17H16FN3O2S. The lowest BCUT2D eigenvalue weighted by molar-refractivity contribution is -0.125. The van der Waals surface area contributed by atoms with Gasteiger partial charge in [0.2, 0.25) is 11.8 Å². The summed E-state index contributed by atoms with van der Waals surface area (Å²) in [5.74, 6) is -1.07. The van der Waals surface area contributed by atoms with Crippen LogP contribution in [-0.4, -0.2) is 34.8 Å². The van der Waals surface area contributed by atoms with E-state index in [2.05, 4.69) is 4.98 Å². The molecule has 2 N–H and O–H groups in total. The molecule has 1 saturated heterocycles. The molecule has 1 atom stereocenters. The molecular weight excluding hydrogens is 329 g/mol. The number of aromatic nitrogens is 1. The van der Waals surface area contributed by atoms with Gasteiger partial charge >= 0.3 is 0 Å². The largest absolute Gasteiger partial charge is 0.369 e. The molecule has 1 aromatic carbocycles. The van der Waals surface area contributed by atoms with Crippen molar-refractivity contribution in [1.82, 2.24) is 9.88 Å². The normalized spacial score (nSPS) is 17.5. The molecule has 1 aromatic heterocycles. The summed E-state index contributed by atoms with van der Waals surface area (Å²) in [6, 6.07) is 6.11. The minimum atomic E-state index is -0.363. The number of primary amides is 1. The molecule has 0 spiro atoms. The van der Waals surface area contributed by atoms with Crippen molar-refractivity contribution in [3.05, 3.63) is 47.2 Å². The highest BCUT2D eigenvalue weighted by atomic mass is 32.1. The molecule has 1 aliphatic rings. The molecule has 124 valence electrons. The maximum absolute atomic E-state index is 12.9. The molecule has 0 saturated carbocycles. The maximum atomic E-state index is 12.9. The number of benzene rings is 1. The average Bonchev–Trinajstić information content (AvgIpc) is 3.23. The highest BCUT2D eigenvalue weighted by Crippen LogP contribution is 2.24.